The van der Waals surface area contributed by atoms with Crippen LogP contribution in [0.5, 0.6) is 0 Å². The van der Waals surface area contributed by atoms with Crippen molar-refractivity contribution in [2.75, 3.05) is 19.7 Å². The molecule has 0 saturated heterocycles. The van der Waals surface area contributed by atoms with Gasteiger partial charge in [0.1, 0.15) is 6.61 Å². The molecule has 0 aromatic rings. The van der Waals surface area contributed by atoms with Crippen molar-refractivity contribution in [2.45, 2.75) is 6.42 Å². The third kappa shape index (κ3) is 2.19. The molecule has 0 aromatic carbocycles. The number of ether oxygens (including phenoxy) is 1. The largest absolute Gasteiger partial charge is 0.463 e. The van der Waals surface area contributed by atoms with Crippen LogP contribution in [0.3, 0.4) is 0 Å². The predicted molar refractivity (Wildman–Crippen MR) is 37.6 cm³/mol. The molecular formula is C7H11NO2. The molecule has 10 heavy (non-hydrogen) atoms. The zero-order chi connectivity index (χ0) is 7.23. The fourth-order valence-electron chi connectivity index (χ4n) is 0.950. The summed E-state index contributed by atoms with van der Waals surface area (Å²) in [6.45, 7) is 2.81. The molecule has 0 bridgehead atoms. The molecule has 1 rings (SSSR count). The molecule has 3 nitrogen and oxygen atoms in total. The average molecular weight is 141 g/mol. The van der Waals surface area contributed by atoms with Crippen LogP contribution in [-0.2, 0) is 9.53 Å². The van der Waals surface area contributed by atoms with E-state index >= 15 is 0 Å². The lowest BCUT2D eigenvalue weighted by molar-refractivity contribution is -0.127. The number of rotatable bonds is 3. The highest BCUT2D eigenvalue weighted by atomic mass is 16.5. The van der Waals surface area contributed by atoms with Crippen molar-refractivity contribution in [1.82, 2.24) is 5.32 Å². The van der Waals surface area contributed by atoms with Crippen molar-refractivity contribution in [3.63, 3.8) is 0 Å². The Hall–Kier alpha value is -0.830. The molecule has 1 aliphatic heterocycles. The van der Waals surface area contributed by atoms with Gasteiger partial charge in [-0.1, -0.05) is 6.08 Å². The maximum Gasteiger partial charge on any atom is 0.293 e. The van der Waals surface area contributed by atoms with E-state index in [4.69, 9.17) is 0 Å². The first-order chi connectivity index (χ1) is 4.93. The van der Waals surface area contributed by atoms with Gasteiger partial charge in [0.25, 0.3) is 6.47 Å². The summed E-state index contributed by atoms with van der Waals surface area (Å²) >= 11 is 0. The Morgan fingerprint density at radius 1 is 1.80 bits per heavy atom. The Balaban J connectivity index is 2.24. The van der Waals surface area contributed by atoms with Gasteiger partial charge in [0, 0.05) is 6.54 Å². The molecule has 0 unspecified atom stereocenters. The van der Waals surface area contributed by atoms with E-state index in [0.717, 1.165) is 19.5 Å². The lowest BCUT2D eigenvalue weighted by Crippen LogP contribution is -2.24. The summed E-state index contributed by atoms with van der Waals surface area (Å²) in [6, 6.07) is 0. The van der Waals surface area contributed by atoms with Crippen molar-refractivity contribution in [2.24, 2.45) is 0 Å². The summed E-state index contributed by atoms with van der Waals surface area (Å²) in [6.07, 6.45) is 3.15. The first-order valence-corrected chi connectivity index (χ1v) is 3.37. The standard InChI is InChI=1S/C7H11NO2/c9-6-10-5-7-2-1-3-8-4-7/h2,6,8H,1,3-5H2. The summed E-state index contributed by atoms with van der Waals surface area (Å²) < 4.78 is 4.58. The minimum absolute atomic E-state index is 0.441. The topological polar surface area (TPSA) is 38.3 Å². The second kappa shape index (κ2) is 4.06. The van der Waals surface area contributed by atoms with Crippen LogP contribution in [0.4, 0.5) is 0 Å². The van der Waals surface area contributed by atoms with Crippen LogP contribution in [0.2, 0.25) is 0 Å². The van der Waals surface area contributed by atoms with Gasteiger partial charge in [0.15, 0.2) is 0 Å². The number of carbonyl (C=O) groups excluding carboxylic acids is 1. The van der Waals surface area contributed by atoms with Gasteiger partial charge in [-0.2, -0.15) is 0 Å². The van der Waals surface area contributed by atoms with E-state index in [2.05, 4.69) is 16.1 Å². The number of carbonyl (C=O) groups is 1. The third-order valence-electron chi connectivity index (χ3n) is 1.44. The lowest BCUT2D eigenvalue weighted by Gasteiger charge is -2.12. The Morgan fingerprint density at radius 2 is 2.70 bits per heavy atom. The molecule has 0 fully saturated rings. The first kappa shape index (κ1) is 7.28. The van der Waals surface area contributed by atoms with Crippen LogP contribution < -0.4 is 5.32 Å². The summed E-state index contributed by atoms with van der Waals surface area (Å²) in [5.74, 6) is 0. The molecule has 3 heteroatoms. The van der Waals surface area contributed by atoms with Gasteiger partial charge in [-0.3, -0.25) is 4.79 Å². The lowest BCUT2D eigenvalue weighted by atomic mass is 10.2. The monoisotopic (exact) mass is 141 g/mol. The average Bonchev–Trinajstić information content (AvgIpc) is 2.03. The molecule has 1 N–H and O–H groups in total. The third-order valence-corrected chi connectivity index (χ3v) is 1.44. The highest BCUT2D eigenvalue weighted by Crippen LogP contribution is 1.99. The quantitative estimate of drug-likeness (QED) is 0.447. The molecule has 0 atom stereocenters. The van der Waals surface area contributed by atoms with Gasteiger partial charge in [0.05, 0.1) is 0 Å². The van der Waals surface area contributed by atoms with Gasteiger partial charge in [0.2, 0.25) is 0 Å². The molecule has 1 heterocycles. The minimum Gasteiger partial charge on any atom is -0.463 e. The summed E-state index contributed by atoms with van der Waals surface area (Å²) in [7, 11) is 0. The molecule has 56 valence electrons. The summed E-state index contributed by atoms with van der Waals surface area (Å²) in [5, 5.41) is 3.18. The highest BCUT2D eigenvalue weighted by molar-refractivity contribution is 5.37. The summed E-state index contributed by atoms with van der Waals surface area (Å²) in [5.41, 5.74) is 1.17. The Labute approximate surface area is 60.1 Å². The van der Waals surface area contributed by atoms with E-state index in [9.17, 15) is 4.79 Å². The summed E-state index contributed by atoms with van der Waals surface area (Å²) in [4.78, 5) is 9.78. The van der Waals surface area contributed by atoms with Gasteiger partial charge in [-0.15, -0.1) is 0 Å². The predicted octanol–water partition coefficient (Wildman–Crippen LogP) is 0.0791. The van der Waals surface area contributed by atoms with Crippen LogP contribution in [0.1, 0.15) is 6.42 Å². The smallest absolute Gasteiger partial charge is 0.293 e. The van der Waals surface area contributed by atoms with Crippen LogP contribution >= 0.6 is 0 Å². The van der Waals surface area contributed by atoms with Crippen molar-refractivity contribution >= 4 is 6.47 Å². The molecule has 0 amide bonds. The van der Waals surface area contributed by atoms with E-state index in [1.165, 1.54) is 5.57 Å². The minimum atomic E-state index is 0.441. The second-order valence-corrected chi connectivity index (χ2v) is 2.24. The molecule has 0 spiro atoms. The molecule has 1 aliphatic rings. The molecule has 0 aromatic heterocycles. The first-order valence-electron chi connectivity index (χ1n) is 3.37. The molecule has 0 saturated carbocycles. The Morgan fingerprint density at radius 3 is 3.30 bits per heavy atom. The molecular weight excluding hydrogens is 130 g/mol. The number of hydrogen-bond acceptors (Lipinski definition) is 3. The zero-order valence-corrected chi connectivity index (χ0v) is 5.80. The molecule has 0 radical (unpaired) electrons. The van der Waals surface area contributed by atoms with Crippen LogP contribution in [0.15, 0.2) is 11.6 Å². The van der Waals surface area contributed by atoms with Gasteiger partial charge < -0.3 is 10.1 Å². The van der Waals surface area contributed by atoms with E-state index in [0.29, 0.717) is 13.1 Å². The normalized spacial score (nSPS) is 17.8. The van der Waals surface area contributed by atoms with E-state index in [1.54, 1.807) is 0 Å². The fourth-order valence-corrected chi connectivity index (χ4v) is 0.950. The van der Waals surface area contributed by atoms with Gasteiger partial charge in [-0.25, -0.2) is 0 Å². The van der Waals surface area contributed by atoms with E-state index in [1.807, 2.05) is 0 Å². The van der Waals surface area contributed by atoms with Gasteiger partial charge >= 0.3 is 0 Å². The Kier molecular flexibility index (Phi) is 2.96. The maximum absolute atomic E-state index is 9.78. The molecule has 0 aliphatic carbocycles. The number of nitrogens with one attached hydrogen (secondary N) is 1. The van der Waals surface area contributed by atoms with Crippen LogP contribution in [-0.4, -0.2) is 26.2 Å². The SMILES string of the molecule is O=COCC1=CCCNC1. The van der Waals surface area contributed by atoms with Crippen molar-refractivity contribution < 1.29 is 9.53 Å². The Bertz CT molecular complexity index is 143. The van der Waals surface area contributed by atoms with Crippen LogP contribution in [0.25, 0.3) is 0 Å². The van der Waals surface area contributed by atoms with Crippen molar-refractivity contribution in [3.8, 4) is 0 Å². The van der Waals surface area contributed by atoms with Crippen molar-refractivity contribution in [1.29, 1.82) is 0 Å². The fraction of sp³-hybridized carbons (Fsp3) is 0.571. The van der Waals surface area contributed by atoms with Crippen molar-refractivity contribution in [3.05, 3.63) is 11.6 Å². The number of hydrogen-bond donors (Lipinski definition) is 1. The van der Waals surface area contributed by atoms with E-state index < -0.39 is 0 Å². The zero-order valence-electron chi connectivity index (χ0n) is 5.80. The second-order valence-electron chi connectivity index (χ2n) is 2.24. The highest BCUT2D eigenvalue weighted by Gasteiger charge is 2.01. The van der Waals surface area contributed by atoms with Crippen LogP contribution in [0, 0.1) is 0 Å². The van der Waals surface area contributed by atoms with E-state index in [-0.39, 0.29) is 0 Å². The van der Waals surface area contributed by atoms with Gasteiger partial charge in [-0.05, 0) is 18.5 Å². The maximum atomic E-state index is 9.78.